The molecular weight excluding hydrogens is 420 g/mol. The molecule has 0 radical (unpaired) electrons. The lowest BCUT2D eigenvalue weighted by molar-refractivity contribution is 0.0983. The summed E-state index contributed by atoms with van der Waals surface area (Å²) in [6.07, 6.45) is 0. The summed E-state index contributed by atoms with van der Waals surface area (Å²) >= 11 is 0. The fraction of sp³-hybridized carbons (Fsp3) is 0.320. The molecule has 0 aliphatic heterocycles. The average Bonchev–Trinajstić information content (AvgIpc) is 2.76. The van der Waals surface area contributed by atoms with Crippen LogP contribution in [0.3, 0.4) is 0 Å². The lowest BCUT2D eigenvalue weighted by Gasteiger charge is -2.26. The van der Waals surface area contributed by atoms with Gasteiger partial charge in [-0.2, -0.15) is 0 Å². The van der Waals surface area contributed by atoms with Gasteiger partial charge in [-0.15, -0.1) is 0 Å². The molecule has 1 amide bonds. The Labute approximate surface area is 192 Å². The number of amides is 1. The molecule has 2 aromatic carbocycles. The van der Waals surface area contributed by atoms with Crippen LogP contribution in [-0.2, 0) is 6.54 Å². The van der Waals surface area contributed by atoms with Crippen molar-refractivity contribution in [2.24, 2.45) is 11.8 Å². The smallest absolute Gasteiger partial charge is 0.330 e. The lowest BCUT2D eigenvalue weighted by atomic mass is 10.1. The Morgan fingerprint density at radius 1 is 0.970 bits per heavy atom. The molecule has 0 atom stereocenters. The molecule has 0 bridgehead atoms. The van der Waals surface area contributed by atoms with E-state index in [2.05, 4.69) is 4.98 Å². The number of anilines is 2. The second-order valence-corrected chi connectivity index (χ2v) is 8.75. The first-order chi connectivity index (χ1) is 15.7. The maximum atomic E-state index is 13.5. The van der Waals surface area contributed by atoms with E-state index in [1.54, 1.807) is 24.3 Å². The average molecular weight is 451 g/mol. The number of carbonyl (C=O) groups excluding carboxylic acids is 1. The molecule has 0 unspecified atom stereocenters. The minimum absolute atomic E-state index is 0.0152. The number of rotatable bonds is 8. The standard InChI is InChI=1S/C25H30N4O4/c1-16(2)14-28(21-22(26)29(15-17(3)4)25(32)27-23(21)30)24(31)18-10-12-20(13-11-18)33-19-8-6-5-7-9-19/h5-13,16-17H,14-15,26H2,1-4H3,(H,27,30,32). The first kappa shape index (κ1) is 23.8. The van der Waals surface area contributed by atoms with E-state index >= 15 is 0 Å². The molecule has 0 saturated carbocycles. The highest BCUT2D eigenvalue weighted by Gasteiger charge is 2.26. The van der Waals surface area contributed by atoms with Crippen LogP contribution in [-0.4, -0.2) is 22.0 Å². The predicted octanol–water partition coefficient (Wildman–Crippen LogP) is 3.87. The van der Waals surface area contributed by atoms with Gasteiger partial charge in [0.25, 0.3) is 11.5 Å². The van der Waals surface area contributed by atoms with E-state index in [0.29, 0.717) is 23.6 Å². The summed E-state index contributed by atoms with van der Waals surface area (Å²) in [5.41, 5.74) is 5.35. The Morgan fingerprint density at radius 2 is 1.58 bits per heavy atom. The van der Waals surface area contributed by atoms with Crippen molar-refractivity contribution in [1.82, 2.24) is 9.55 Å². The number of hydrogen-bond donors (Lipinski definition) is 2. The van der Waals surface area contributed by atoms with Crippen LogP contribution < -0.4 is 26.6 Å². The summed E-state index contributed by atoms with van der Waals surface area (Å²) in [5, 5.41) is 0. The molecule has 3 rings (SSSR count). The summed E-state index contributed by atoms with van der Waals surface area (Å²) in [4.78, 5) is 42.2. The van der Waals surface area contributed by atoms with Gasteiger partial charge >= 0.3 is 5.69 Å². The van der Waals surface area contributed by atoms with Gasteiger partial charge in [-0.3, -0.25) is 19.1 Å². The number of hydrogen-bond acceptors (Lipinski definition) is 5. The van der Waals surface area contributed by atoms with Crippen molar-refractivity contribution >= 4 is 17.4 Å². The Hall–Kier alpha value is -3.81. The zero-order valence-corrected chi connectivity index (χ0v) is 19.4. The van der Waals surface area contributed by atoms with Gasteiger partial charge in [0.2, 0.25) is 0 Å². The Morgan fingerprint density at radius 3 is 2.15 bits per heavy atom. The van der Waals surface area contributed by atoms with Gasteiger partial charge in [-0.05, 0) is 48.2 Å². The summed E-state index contributed by atoms with van der Waals surface area (Å²) < 4.78 is 7.09. The van der Waals surface area contributed by atoms with Gasteiger partial charge in [0.15, 0.2) is 5.69 Å². The number of nitrogens with zero attached hydrogens (tertiary/aromatic N) is 2. The number of carbonyl (C=O) groups is 1. The molecular formula is C25H30N4O4. The van der Waals surface area contributed by atoms with Crippen molar-refractivity contribution in [3.8, 4) is 11.5 Å². The van der Waals surface area contributed by atoms with Crippen LogP contribution in [0.1, 0.15) is 38.1 Å². The van der Waals surface area contributed by atoms with E-state index in [1.807, 2.05) is 58.0 Å². The number of nitrogens with two attached hydrogens (primary N) is 1. The first-order valence-corrected chi connectivity index (χ1v) is 10.9. The number of aromatic amines is 1. The number of nitrogen functional groups attached to an aromatic ring is 1. The quantitative estimate of drug-likeness (QED) is 0.541. The lowest BCUT2D eigenvalue weighted by Crippen LogP contribution is -2.43. The van der Waals surface area contributed by atoms with Crippen LogP contribution in [0, 0.1) is 11.8 Å². The van der Waals surface area contributed by atoms with Crippen molar-refractivity contribution < 1.29 is 9.53 Å². The topological polar surface area (TPSA) is 110 Å². The third-order valence-electron chi connectivity index (χ3n) is 4.90. The third kappa shape index (κ3) is 5.71. The Bertz CT molecular complexity index is 1210. The second kappa shape index (κ2) is 10.2. The first-order valence-electron chi connectivity index (χ1n) is 10.9. The van der Waals surface area contributed by atoms with E-state index in [1.165, 1.54) is 9.47 Å². The number of para-hydroxylation sites is 1. The molecule has 0 aliphatic carbocycles. The Kier molecular flexibility index (Phi) is 7.37. The van der Waals surface area contributed by atoms with E-state index in [4.69, 9.17) is 10.5 Å². The molecule has 0 spiro atoms. The molecule has 1 aromatic heterocycles. The highest BCUT2D eigenvalue weighted by atomic mass is 16.5. The fourth-order valence-corrected chi connectivity index (χ4v) is 3.47. The molecule has 0 fully saturated rings. The van der Waals surface area contributed by atoms with Gasteiger partial charge in [-0.25, -0.2) is 4.79 Å². The van der Waals surface area contributed by atoms with E-state index < -0.39 is 11.2 Å². The molecule has 33 heavy (non-hydrogen) atoms. The molecule has 1 heterocycles. The van der Waals surface area contributed by atoms with E-state index in [-0.39, 0.29) is 35.8 Å². The zero-order valence-electron chi connectivity index (χ0n) is 19.4. The summed E-state index contributed by atoms with van der Waals surface area (Å²) in [6, 6.07) is 16.0. The normalized spacial score (nSPS) is 11.1. The largest absolute Gasteiger partial charge is 0.457 e. The van der Waals surface area contributed by atoms with Gasteiger partial charge in [0, 0.05) is 18.7 Å². The predicted molar refractivity (Wildman–Crippen MR) is 130 cm³/mol. The van der Waals surface area contributed by atoms with Gasteiger partial charge < -0.3 is 15.4 Å². The van der Waals surface area contributed by atoms with E-state index in [0.717, 1.165) is 0 Å². The minimum atomic E-state index is -0.685. The van der Waals surface area contributed by atoms with Crippen molar-refractivity contribution in [3.63, 3.8) is 0 Å². The van der Waals surface area contributed by atoms with Crippen molar-refractivity contribution in [1.29, 1.82) is 0 Å². The number of benzene rings is 2. The number of ether oxygens (including phenoxy) is 1. The maximum Gasteiger partial charge on any atom is 0.330 e. The second-order valence-electron chi connectivity index (χ2n) is 8.75. The summed E-state index contributed by atoms with van der Waals surface area (Å²) in [6.45, 7) is 8.33. The molecule has 0 aliphatic rings. The molecule has 3 aromatic rings. The molecule has 3 N–H and O–H groups in total. The number of nitrogens with one attached hydrogen (secondary N) is 1. The van der Waals surface area contributed by atoms with Crippen molar-refractivity contribution in [2.45, 2.75) is 34.2 Å². The summed E-state index contributed by atoms with van der Waals surface area (Å²) in [7, 11) is 0. The number of aromatic nitrogens is 2. The van der Waals surface area contributed by atoms with Crippen LogP contribution in [0.2, 0.25) is 0 Å². The Balaban J connectivity index is 1.97. The summed E-state index contributed by atoms with van der Waals surface area (Å²) in [5.74, 6) is 1.03. The molecule has 174 valence electrons. The molecule has 8 heteroatoms. The third-order valence-corrected chi connectivity index (χ3v) is 4.90. The van der Waals surface area contributed by atoms with Crippen LogP contribution in [0.4, 0.5) is 11.5 Å². The molecule has 0 saturated heterocycles. The highest BCUT2D eigenvalue weighted by molar-refractivity contribution is 6.07. The highest BCUT2D eigenvalue weighted by Crippen LogP contribution is 2.24. The van der Waals surface area contributed by atoms with Gasteiger partial charge in [0.05, 0.1) is 0 Å². The SMILES string of the molecule is CC(C)CN(C(=O)c1ccc(Oc2ccccc2)cc1)c1c(N)n(CC(C)C)c(=O)[nH]c1=O. The van der Waals surface area contributed by atoms with Gasteiger partial charge in [-0.1, -0.05) is 45.9 Å². The van der Waals surface area contributed by atoms with Crippen molar-refractivity contribution in [2.75, 3.05) is 17.2 Å². The minimum Gasteiger partial charge on any atom is -0.457 e. The fourth-order valence-electron chi connectivity index (χ4n) is 3.47. The van der Waals surface area contributed by atoms with E-state index in [9.17, 15) is 14.4 Å². The van der Waals surface area contributed by atoms with Crippen LogP contribution in [0.25, 0.3) is 0 Å². The maximum absolute atomic E-state index is 13.5. The van der Waals surface area contributed by atoms with Gasteiger partial charge in [0.1, 0.15) is 17.3 Å². The number of H-pyrrole nitrogens is 1. The zero-order chi connectivity index (χ0) is 24.1. The van der Waals surface area contributed by atoms with Crippen LogP contribution in [0.5, 0.6) is 11.5 Å². The molecule has 8 nitrogen and oxygen atoms in total. The van der Waals surface area contributed by atoms with Crippen LogP contribution >= 0.6 is 0 Å². The van der Waals surface area contributed by atoms with Crippen LogP contribution in [0.15, 0.2) is 64.2 Å². The monoisotopic (exact) mass is 450 g/mol. The van der Waals surface area contributed by atoms with Crippen molar-refractivity contribution in [3.05, 3.63) is 81.0 Å².